The fraction of sp³-hybridized carbons (Fsp3) is 0.429. The van der Waals surface area contributed by atoms with Gasteiger partial charge in [0.2, 0.25) is 0 Å². The van der Waals surface area contributed by atoms with E-state index in [1.54, 1.807) is 0 Å². The molecule has 2 heterocycles. The first kappa shape index (κ1) is 12.8. The molecule has 0 saturated heterocycles. The SMILES string of the molecule is CCCc1nccn1-c1ncccc1CC(C)N. The Morgan fingerprint density at radius 2 is 2.17 bits per heavy atom. The van der Waals surface area contributed by atoms with Crippen molar-refractivity contribution in [1.29, 1.82) is 0 Å². The standard InChI is InChI=1S/C14H20N4/c1-3-5-13-16-8-9-18(13)14-12(10-11(2)15)6-4-7-17-14/h4,6-9,11H,3,5,10,15H2,1-2H3. The Morgan fingerprint density at radius 1 is 1.33 bits per heavy atom. The summed E-state index contributed by atoms with van der Waals surface area (Å²) in [4.78, 5) is 8.88. The predicted octanol–water partition coefficient (Wildman–Crippen LogP) is 2.11. The van der Waals surface area contributed by atoms with E-state index in [1.165, 1.54) is 5.56 Å². The van der Waals surface area contributed by atoms with Gasteiger partial charge in [0.05, 0.1) is 0 Å². The zero-order chi connectivity index (χ0) is 13.0. The second-order valence-electron chi connectivity index (χ2n) is 4.63. The maximum absolute atomic E-state index is 5.89. The highest BCUT2D eigenvalue weighted by Crippen LogP contribution is 2.15. The van der Waals surface area contributed by atoms with Gasteiger partial charge in [-0.1, -0.05) is 13.0 Å². The molecular formula is C14H20N4. The molecule has 0 bridgehead atoms. The van der Waals surface area contributed by atoms with E-state index in [0.717, 1.165) is 30.9 Å². The molecule has 4 heteroatoms. The highest BCUT2D eigenvalue weighted by Gasteiger charge is 2.10. The Bertz CT molecular complexity index is 502. The van der Waals surface area contributed by atoms with Crippen LogP contribution in [0.25, 0.3) is 5.82 Å². The molecule has 0 aliphatic rings. The number of nitrogens with two attached hydrogens (primary N) is 1. The van der Waals surface area contributed by atoms with Gasteiger partial charge in [0.1, 0.15) is 11.6 Å². The van der Waals surface area contributed by atoms with Gasteiger partial charge in [-0.15, -0.1) is 0 Å². The summed E-state index contributed by atoms with van der Waals surface area (Å²) in [5.74, 6) is 2.01. The second kappa shape index (κ2) is 5.78. The van der Waals surface area contributed by atoms with Crippen molar-refractivity contribution in [2.45, 2.75) is 39.2 Å². The van der Waals surface area contributed by atoms with Crippen LogP contribution in [0.4, 0.5) is 0 Å². The average Bonchev–Trinajstić information content (AvgIpc) is 2.78. The maximum Gasteiger partial charge on any atom is 0.141 e. The molecular weight excluding hydrogens is 224 g/mol. The topological polar surface area (TPSA) is 56.7 Å². The summed E-state index contributed by atoms with van der Waals surface area (Å²) in [6.07, 6.45) is 8.48. The molecule has 0 fully saturated rings. The number of nitrogens with zero attached hydrogens (tertiary/aromatic N) is 3. The number of aromatic nitrogens is 3. The van der Waals surface area contributed by atoms with Gasteiger partial charge in [-0.05, 0) is 31.4 Å². The van der Waals surface area contributed by atoms with Gasteiger partial charge in [-0.2, -0.15) is 0 Å². The molecule has 1 unspecified atom stereocenters. The van der Waals surface area contributed by atoms with Crippen LogP contribution in [0.15, 0.2) is 30.7 Å². The number of hydrogen-bond acceptors (Lipinski definition) is 3. The summed E-state index contributed by atoms with van der Waals surface area (Å²) in [6, 6.07) is 4.17. The highest BCUT2D eigenvalue weighted by molar-refractivity contribution is 5.35. The van der Waals surface area contributed by atoms with Crippen LogP contribution in [0.1, 0.15) is 31.7 Å². The molecule has 4 nitrogen and oxygen atoms in total. The lowest BCUT2D eigenvalue weighted by atomic mass is 10.1. The van der Waals surface area contributed by atoms with Crippen molar-refractivity contribution in [2.24, 2.45) is 5.73 Å². The molecule has 1 atom stereocenters. The molecule has 0 spiro atoms. The van der Waals surface area contributed by atoms with E-state index in [1.807, 2.05) is 31.6 Å². The first-order chi connectivity index (χ1) is 8.72. The van der Waals surface area contributed by atoms with Crippen LogP contribution in [0.5, 0.6) is 0 Å². The van der Waals surface area contributed by atoms with Crippen LogP contribution in [0.3, 0.4) is 0 Å². The molecule has 2 aromatic rings. The molecule has 0 aliphatic heterocycles. The molecule has 2 N–H and O–H groups in total. The molecule has 96 valence electrons. The Labute approximate surface area is 108 Å². The van der Waals surface area contributed by atoms with Gasteiger partial charge in [0.25, 0.3) is 0 Å². The number of imidazole rings is 1. The molecule has 0 aromatic carbocycles. The third kappa shape index (κ3) is 2.76. The third-order valence-electron chi connectivity index (χ3n) is 2.83. The van der Waals surface area contributed by atoms with E-state index in [0.29, 0.717) is 0 Å². The van der Waals surface area contributed by atoms with Gasteiger partial charge in [0, 0.05) is 31.1 Å². The summed E-state index contributed by atoms with van der Waals surface area (Å²) in [5.41, 5.74) is 7.06. The normalized spacial score (nSPS) is 12.6. The largest absolute Gasteiger partial charge is 0.328 e. The molecule has 0 saturated carbocycles. The number of pyridine rings is 1. The van der Waals surface area contributed by atoms with Crippen molar-refractivity contribution in [3.63, 3.8) is 0 Å². The molecule has 0 aliphatic carbocycles. The first-order valence-corrected chi connectivity index (χ1v) is 6.44. The third-order valence-corrected chi connectivity index (χ3v) is 2.83. The Hall–Kier alpha value is -1.68. The Morgan fingerprint density at radius 3 is 2.89 bits per heavy atom. The van der Waals surface area contributed by atoms with Crippen LogP contribution in [-0.2, 0) is 12.8 Å². The van der Waals surface area contributed by atoms with Crippen molar-refractivity contribution in [3.05, 3.63) is 42.1 Å². The fourth-order valence-corrected chi connectivity index (χ4v) is 2.09. The van der Waals surface area contributed by atoms with E-state index >= 15 is 0 Å². The molecule has 0 amide bonds. The minimum Gasteiger partial charge on any atom is -0.328 e. The van der Waals surface area contributed by atoms with Crippen LogP contribution >= 0.6 is 0 Å². The van der Waals surface area contributed by atoms with Crippen LogP contribution < -0.4 is 5.73 Å². The number of rotatable bonds is 5. The second-order valence-corrected chi connectivity index (χ2v) is 4.63. The molecule has 2 rings (SSSR count). The minimum atomic E-state index is 0.131. The Kier molecular flexibility index (Phi) is 4.10. The maximum atomic E-state index is 5.89. The van der Waals surface area contributed by atoms with Crippen molar-refractivity contribution >= 4 is 0 Å². The zero-order valence-corrected chi connectivity index (χ0v) is 11.0. The lowest BCUT2D eigenvalue weighted by Crippen LogP contribution is -2.19. The van der Waals surface area contributed by atoms with Gasteiger partial charge in [-0.3, -0.25) is 4.57 Å². The molecule has 2 aromatic heterocycles. The van der Waals surface area contributed by atoms with E-state index in [2.05, 4.69) is 27.5 Å². The van der Waals surface area contributed by atoms with Crippen molar-refractivity contribution in [2.75, 3.05) is 0 Å². The quantitative estimate of drug-likeness (QED) is 0.876. The predicted molar refractivity (Wildman–Crippen MR) is 72.7 cm³/mol. The summed E-state index contributed by atoms with van der Waals surface area (Å²) >= 11 is 0. The van der Waals surface area contributed by atoms with Crippen molar-refractivity contribution in [1.82, 2.24) is 14.5 Å². The summed E-state index contributed by atoms with van der Waals surface area (Å²) in [6.45, 7) is 4.16. The van der Waals surface area contributed by atoms with Crippen LogP contribution in [-0.4, -0.2) is 20.6 Å². The number of hydrogen-bond donors (Lipinski definition) is 1. The van der Waals surface area contributed by atoms with Crippen molar-refractivity contribution in [3.8, 4) is 5.82 Å². The first-order valence-electron chi connectivity index (χ1n) is 6.44. The summed E-state index contributed by atoms with van der Waals surface area (Å²) in [7, 11) is 0. The lowest BCUT2D eigenvalue weighted by Gasteiger charge is -2.13. The lowest BCUT2D eigenvalue weighted by molar-refractivity contribution is 0.722. The minimum absolute atomic E-state index is 0.131. The average molecular weight is 244 g/mol. The van der Waals surface area contributed by atoms with Gasteiger partial charge in [-0.25, -0.2) is 9.97 Å². The smallest absolute Gasteiger partial charge is 0.141 e. The van der Waals surface area contributed by atoms with E-state index in [4.69, 9.17) is 5.73 Å². The van der Waals surface area contributed by atoms with Gasteiger partial charge >= 0.3 is 0 Å². The number of aryl methyl sites for hydroxylation is 1. The molecule has 18 heavy (non-hydrogen) atoms. The van der Waals surface area contributed by atoms with Crippen molar-refractivity contribution < 1.29 is 0 Å². The van der Waals surface area contributed by atoms with E-state index < -0.39 is 0 Å². The summed E-state index contributed by atoms with van der Waals surface area (Å²) in [5, 5.41) is 0. The van der Waals surface area contributed by atoms with Crippen LogP contribution in [0, 0.1) is 0 Å². The zero-order valence-electron chi connectivity index (χ0n) is 11.0. The monoisotopic (exact) mass is 244 g/mol. The fourth-order valence-electron chi connectivity index (χ4n) is 2.09. The van der Waals surface area contributed by atoms with Gasteiger partial charge < -0.3 is 5.73 Å². The highest BCUT2D eigenvalue weighted by atomic mass is 15.1. The van der Waals surface area contributed by atoms with Crippen LogP contribution in [0.2, 0.25) is 0 Å². The molecule has 0 radical (unpaired) electrons. The van der Waals surface area contributed by atoms with E-state index in [9.17, 15) is 0 Å². The summed E-state index contributed by atoms with van der Waals surface area (Å²) < 4.78 is 2.07. The van der Waals surface area contributed by atoms with Gasteiger partial charge in [0.15, 0.2) is 0 Å². The Balaban J connectivity index is 2.40. The van der Waals surface area contributed by atoms with E-state index in [-0.39, 0.29) is 6.04 Å².